The molecule has 1 fully saturated rings. The molecule has 0 aromatic heterocycles. The van der Waals surface area contributed by atoms with E-state index in [4.69, 9.17) is 0 Å². The highest BCUT2D eigenvalue weighted by Gasteiger charge is 2.21. The van der Waals surface area contributed by atoms with Crippen LogP contribution in [0.15, 0.2) is 18.2 Å². The van der Waals surface area contributed by atoms with Gasteiger partial charge >= 0.3 is 0 Å². The molecular weight excluding hydrogens is 267 g/mol. The van der Waals surface area contributed by atoms with Crippen molar-refractivity contribution in [3.8, 4) is 5.75 Å². The van der Waals surface area contributed by atoms with Crippen LogP contribution in [0.2, 0.25) is 0 Å². The number of likely N-dealkylation sites (tertiary alicyclic amines) is 1. The fraction of sp³-hybridized carbons (Fsp3) is 0.647. The Morgan fingerprint density at radius 2 is 2.10 bits per heavy atom. The van der Waals surface area contributed by atoms with Crippen LogP contribution in [0, 0.1) is 5.82 Å². The van der Waals surface area contributed by atoms with Gasteiger partial charge in [-0.25, -0.2) is 4.39 Å². The first kappa shape index (κ1) is 16.2. The number of halogens is 1. The first-order valence-electron chi connectivity index (χ1n) is 8.07. The van der Waals surface area contributed by atoms with Gasteiger partial charge in [-0.05, 0) is 51.9 Å². The van der Waals surface area contributed by atoms with Crippen molar-refractivity contribution in [1.29, 1.82) is 0 Å². The van der Waals surface area contributed by atoms with Crippen molar-refractivity contribution in [3.05, 3.63) is 29.6 Å². The molecule has 1 saturated heterocycles. The SMILES string of the molecule is CCCCN1CCC(NC(C)c2ccc(F)cc2O)CC1. The number of phenols is 1. The van der Waals surface area contributed by atoms with Gasteiger partial charge in [0, 0.05) is 23.7 Å². The molecule has 1 aromatic rings. The predicted molar refractivity (Wildman–Crippen MR) is 84.0 cm³/mol. The lowest BCUT2D eigenvalue weighted by Crippen LogP contribution is -2.43. The van der Waals surface area contributed by atoms with Gasteiger partial charge in [-0.3, -0.25) is 0 Å². The second-order valence-electron chi connectivity index (χ2n) is 6.06. The summed E-state index contributed by atoms with van der Waals surface area (Å²) in [7, 11) is 0. The fourth-order valence-corrected chi connectivity index (χ4v) is 3.03. The van der Waals surface area contributed by atoms with Crippen LogP contribution in [0.3, 0.4) is 0 Å². The summed E-state index contributed by atoms with van der Waals surface area (Å²) in [6.45, 7) is 7.73. The number of benzene rings is 1. The number of nitrogens with one attached hydrogen (secondary N) is 1. The quantitative estimate of drug-likeness (QED) is 0.843. The fourth-order valence-electron chi connectivity index (χ4n) is 3.03. The van der Waals surface area contributed by atoms with E-state index in [1.54, 1.807) is 6.07 Å². The summed E-state index contributed by atoms with van der Waals surface area (Å²) in [4.78, 5) is 2.53. The third kappa shape index (κ3) is 4.68. The van der Waals surface area contributed by atoms with E-state index < -0.39 is 5.82 Å². The van der Waals surface area contributed by atoms with Crippen LogP contribution in [-0.2, 0) is 0 Å². The van der Waals surface area contributed by atoms with E-state index >= 15 is 0 Å². The number of rotatable bonds is 6. The summed E-state index contributed by atoms with van der Waals surface area (Å²) in [6.07, 6.45) is 4.79. The third-order valence-electron chi connectivity index (χ3n) is 4.36. The summed E-state index contributed by atoms with van der Waals surface area (Å²) < 4.78 is 13.0. The number of hydrogen-bond donors (Lipinski definition) is 2. The average Bonchev–Trinajstić information content (AvgIpc) is 2.46. The molecular formula is C17H27FN2O. The molecule has 1 unspecified atom stereocenters. The van der Waals surface area contributed by atoms with E-state index in [0.717, 1.165) is 31.5 Å². The van der Waals surface area contributed by atoms with Gasteiger partial charge in [0.1, 0.15) is 11.6 Å². The number of hydrogen-bond acceptors (Lipinski definition) is 3. The predicted octanol–water partition coefficient (Wildman–Crippen LogP) is 3.45. The number of aromatic hydroxyl groups is 1. The zero-order valence-electron chi connectivity index (χ0n) is 13.1. The molecule has 2 rings (SSSR count). The molecule has 4 heteroatoms. The maximum Gasteiger partial charge on any atom is 0.126 e. The number of unbranched alkanes of at least 4 members (excludes halogenated alkanes) is 1. The molecule has 1 aliphatic heterocycles. The summed E-state index contributed by atoms with van der Waals surface area (Å²) in [5.41, 5.74) is 0.768. The van der Waals surface area contributed by atoms with Gasteiger partial charge in [-0.15, -0.1) is 0 Å². The molecule has 2 N–H and O–H groups in total. The van der Waals surface area contributed by atoms with E-state index in [0.29, 0.717) is 6.04 Å². The third-order valence-corrected chi connectivity index (χ3v) is 4.36. The van der Waals surface area contributed by atoms with Crippen LogP contribution in [0.25, 0.3) is 0 Å². The monoisotopic (exact) mass is 294 g/mol. The normalized spacial score (nSPS) is 18.8. The van der Waals surface area contributed by atoms with Gasteiger partial charge in [0.25, 0.3) is 0 Å². The lowest BCUT2D eigenvalue weighted by molar-refractivity contribution is 0.189. The highest BCUT2D eigenvalue weighted by Crippen LogP contribution is 2.26. The second-order valence-corrected chi connectivity index (χ2v) is 6.06. The van der Waals surface area contributed by atoms with Crippen LogP contribution >= 0.6 is 0 Å². The molecule has 1 atom stereocenters. The molecule has 1 heterocycles. The van der Waals surface area contributed by atoms with Crippen molar-refractivity contribution in [2.24, 2.45) is 0 Å². The summed E-state index contributed by atoms with van der Waals surface area (Å²) >= 11 is 0. The van der Waals surface area contributed by atoms with Gasteiger partial charge < -0.3 is 15.3 Å². The molecule has 118 valence electrons. The van der Waals surface area contributed by atoms with E-state index in [1.165, 1.54) is 31.5 Å². The van der Waals surface area contributed by atoms with Gasteiger partial charge in [-0.1, -0.05) is 19.4 Å². The molecule has 21 heavy (non-hydrogen) atoms. The van der Waals surface area contributed by atoms with E-state index in [9.17, 15) is 9.50 Å². The minimum absolute atomic E-state index is 0.0374. The van der Waals surface area contributed by atoms with Crippen LogP contribution in [0.1, 0.15) is 51.1 Å². The first-order chi connectivity index (χ1) is 10.1. The minimum atomic E-state index is -0.396. The Labute approximate surface area is 127 Å². The molecule has 1 aromatic carbocycles. The topological polar surface area (TPSA) is 35.5 Å². The second kappa shape index (κ2) is 7.76. The van der Waals surface area contributed by atoms with Crippen LogP contribution in [-0.4, -0.2) is 35.7 Å². The Bertz CT molecular complexity index is 444. The molecule has 1 aliphatic rings. The first-order valence-corrected chi connectivity index (χ1v) is 8.07. The van der Waals surface area contributed by atoms with Gasteiger partial charge in [0.05, 0.1) is 0 Å². The highest BCUT2D eigenvalue weighted by atomic mass is 19.1. The largest absolute Gasteiger partial charge is 0.508 e. The van der Waals surface area contributed by atoms with Crippen molar-refractivity contribution in [1.82, 2.24) is 10.2 Å². The van der Waals surface area contributed by atoms with Crippen LogP contribution < -0.4 is 5.32 Å². The number of phenolic OH excluding ortho intramolecular Hbond substituents is 1. The lowest BCUT2D eigenvalue weighted by Gasteiger charge is -2.34. The van der Waals surface area contributed by atoms with Crippen LogP contribution in [0.4, 0.5) is 4.39 Å². The molecule has 3 nitrogen and oxygen atoms in total. The molecule has 0 bridgehead atoms. The molecule has 0 amide bonds. The Kier molecular flexibility index (Phi) is 6.00. The molecule has 0 spiro atoms. The van der Waals surface area contributed by atoms with Crippen molar-refractivity contribution < 1.29 is 9.50 Å². The average molecular weight is 294 g/mol. The Balaban J connectivity index is 1.82. The molecule has 0 aliphatic carbocycles. The standard InChI is InChI=1S/C17H27FN2O/c1-3-4-9-20-10-7-15(8-11-20)19-13(2)16-6-5-14(18)12-17(16)21/h5-6,12-13,15,19,21H,3-4,7-11H2,1-2H3. The maximum absolute atomic E-state index is 13.0. The van der Waals surface area contributed by atoms with Gasteiger partial charge in [0.15, 0.2) is 0 Å². The summed E-state index contributed by atoms with van der Waals surface area (Å²) in [5.74, 6) is -0.358. The highest BCUT2D eigenvalue weighted by molar-refractivity contribution is 5.34. The minimum Gasteiger partial charge on any atom is -0.508 e. The van der Waals surface area contributed by atoms with E-state index in [-0.39, 0.29) is 11.8 Å². The van der Waals surface area contributed by atoms with Gasteiger partial charge in [-0.2, -0.15) is 0 Å². The van der Waals surface area contributed by atoms with Crippen molar-refractivity contribution >= 4 is 0 Å². The Morgan fingerprint density at radius 1 is 1.38 bits per heavy atom. The van der Waals surface area contributed by atoms with E-state index in [1.807, 2.05) is 6.92 Å². The molecule has 0 saturated carbocycles. The summed E-state index contributed by atoms with van der Waals surface area (Å²) in [5, 5.41) is 13.4. The maximum atomic E-state index is 13.0. The van der Waals surface area contributed by atoms with Crippen LogP contribution in [0.5, 0.6) is 5.75 Å². The zero-order chi connectivity index (χ0) is 15.2. The Morgan fingerprint density at radius 3 is 2.71 bits per heavy atom. The van der Waals surface area contributed by atoms with Gasteiger partial charge in [0.2, 0.25) is 0 Å². The van der Waals surface area contributed by atoms with Crippen molar-refractivity contribution in [2.45, 2.75) is 51.6 Å². The molecule has 0 radical (unpaired) electrons. The Hall–Kier alpha value is -1.13. The number of piperidine rings is 1. The zero-order valence-corrected chi connectivity index (χ0v) is 13.1. The summed E-state index contributed by atoms with van der Waals surface area (Å²) in [6, 6.07) is 4.76. The van der Waals surface area contributed by atoms with Crippen molar-refractivity contribution in [2.75, 3.05) is 19.6 Å². The number of nitrogens with zero attached hydrogens (tertiary/aromatic N) is 1. The lowest BCUT2D eigenvalue weighted by atomic mass is 10.0. The smallest absolute Gasteiger partial charge is 0.126 e. The van der Waals surface area contributed by atoms with E-state index in [2.05, 4.69) is 17.1 Å². The van der Waals surface area contributed by atoms with Crippen molar-refractivity contribution in [3.63, 3.8) is 0 Å².